The third-order valence-electron chi connectivity index (χ3n) is 10.5. The molecule has 30 heavy (non-hydrogen) atoms. The summed E-state index contributed by atoms with van der Waals surface area (Å²) in [4.78, 5) is 10.8. The van der Waals surface area contributed by atoms with Gasteiger partial charge in [0.05, 0.1) is 0 Å². The molecule has 2 nitrogen and oxygen atoms in total. The van der Waals surface area contributed by atoms with E-state index in [0.29, 0.717) is 17.3 Å². The third-order valence-corrected chi connectivity index (χ3v) is 10.5. The van der Waals surface area contributed by atoms with Crippen molar-refractivity contribution < 1.29 is 9.53 Å². The second-order valence-electron chi connectivity index (χ2n) is 12.4. The van der Waals surface area contributed by atoms with Gasteiger partial charge in [-0.2, -0.15) is 0 Å². The molecule has 2 heteroatoms. The Morgan fingerprint density at radius 3 is 2.60 bits per heavy atom. The van der Waals surface area contributed by atoms with Crippen molar-refractivity contribution in [3.8, 4) is 0 Å². The first-order chi connectivity index (χ1) is 14.3. The second-order valence-corrected chi connectivity index (χ2v) is 12.4. The molecule has 0 N–H and O–H groups in total. The molecule has 0 amide bonds. The zero-order valence-electron chi connectivity index (χ0n) is 20.3. The van der Waals surface area contributed by atoms with Gasteiger partial charge in [-0.3, -0.25) is 4.79 Å². The molecule has 4 aliphatic rings. The average molecular weight is 415 g/mol. The summed E-state index contributed by atoms with van der Waals surface area (Å²) in [5.74, 6) is 5.32. The molecule has 0 bridgehead atoms. The van der Waals surface area contributed by atoms with Crippen LogP contribution in [0.3, 0.4) is 0 Å². The highest BCUT2D eigenvalue weighted by atomic mass is 16.5. The number of hydrogen-bond donors (Lipinski definition) is 0. The largest absolute Gasteiger partial charge is 0.464 e. The maximum Gasteiger partial charge on any atom is 0.293 e. The van der Waals surface area contributed by atoms with E-state index in [-0.39, 0.29) is 6.10 Å². The van der Waals surface area contributed by atoms with Crippen LogP contribution < -0.4 is 0 Å². The molecular formula is C28H46O2. The highest BCUT2D eigenvalue weighted by Gasteiger charge is 2.59. The van der Waals surface area contributed by atoms with Crippen LogP contribution in [0.1, 0.15) is 105 Å². The van der Waals surface area contributed by atoms with Crippen LogP contribution in [0.25, 0.3) is 0 Å². The van der Waals surface area contributed by atoms with Crippen molar-refractivity contribution in [1.82, 2.24) is 0 Å². The lowest BCUT2D eigenvalue weighted by Crippen LogP contribution is -2.51. The van der Waals surface area contributed by atoms with Crippen LogP contribution in [0.2, 0.25) is 0 Å². The van der Waals surface area contributed by atoms with E-state index in [4.69, 9.17) is 4.74 Å². The van der Waals surface area contributed by atoms with Gasteiger partial charge in [-0.1, -0.05) is 65.5 Å². The Morgan fingerprint density at radius 2 is 1.87 bits per heavy atom. The molecule has 0 saturated heterocycles. The SMILES string of the molecule is CC(C)CCC[C@H](C)[C@@H]1CC[C@@H]2[C@H]3CC=C4C[C@@H](OC=O)CC[C@]4(C)[C@@H]3CC[C@@]21C. The van der Waals surface area contributed by atoms with Crippen molar-refractivity contribution >= 4 is 6.47 Å². The summed E-state index contributed by atoms with van der Waals surface area (Å²) in [5, 5.41) is 0. The molecule has 0 radical (unpaired) electrons. The number of rotatable bonds is 7. The highest BCUT2D eigenvalue weighted by Crippen LogP contribution is 2.67. The fourth-order valence-corrected chi connectivity index (χ4v) is 8.85. The van der Waals surface area contributed by atoms with Crippen LogP contribution in [0.15, 0.2) is 11.6 Å². The van der Waals surface area contributed by atoms with Crippen molar-refractivity contribution in [1.29, 1.82) is 0 Å². The summed E-state index contributed by atoms with van der Waals surface area (Å²) in [7, 11) is 0. The van der Waals surface area contributed by atoms with E-state index in [1.54, 1.807) is 5.57 Å². The van der Waals surface area contributed by atoms with Crippen molar-refractivity contribution in [2.45, 2.75) is 111 Å². The number of carbonyl (C=O) groups is 1. The maximum absolute atomic E-state index is 10.8. The molecule has 0 aromatic carbocycles. The zero-order chi connectivity index (χ0) is 21.5. The first-order valence-electron chi connectivity index (χ1n) is 13.1. The molecule has 0 unspecified atom stereocenters. The van der Waals surface area contributed by atoms with Gasteiger partial charge in [-0.25, -0.2) is 0 Å². The smallest absolute Gasteiger partial charge is 0.293 e. The average Bonchev–Trinajstić information content (AvgIpc) is 3.05. The van der Waals surface area contributed by atoms with Gasteiger partial charge in [0.15, 0.2) is 0 Å². The van der Waals surface area contributed by atoms with E-state index in [2.05, 4.69) is 40.7 Å². The minimum Gasteiger partial charge on any atom is -0.464 e. The molecule has 4 rings (SSSR count). The van der Waals surface area contributed by atoms with E-state index in [1.807, 2.05) is 0 Å². The van der Waals surface area contributed by atoms with E-state index in [0.717, 1.165) is 48.3 Å². The summed E-state index contributed by atoms with van der Waals surface area (Å²) in [6, 6.07) is 0. The molecular weight excluding hydrogens is 368 g/mol. The van der Waals surface area contributed by atoms with Gasteiger partial charge in [0.25, 0.3) is 6.47 Å². The lowest BCUT2D eigenvalue weighted by molar-refractivity contribution is -0.136. The summed E-state index contributed by atoms with van der Waals surface area (Å²) in [6.45, 7) is 13.2. The summed E-state index contributed by atoms with van der Waals surface area (Å²) >= 11 is 0. The van der Waals surface area contributed by atoms with Crippen LogP contribution in [-0.4, -0.2) is 12.6 Å². The van der Waals surface area contributed by atoms with Crippen LogP contribution in [0, 0.1) is 46.3 Å². The van der Waals surface area contributed by atoms with Gasteiger partial charge in [0.1, 0.15) is 6.10 Å². The van der Waals surface area contributed by atoms with Crippen LogP contribution in [-0.2, 0) is 9.53 Å². The maximum atomic E-state index is 10.8. The van der Waals surface area contributed by atoms with E-state index in [1.165, 1.54) is 57.8 Å². The van der Waals surface area contributed by atoms with Crippen molar-refractivity contribution in [2.24, 2.45) is 46.3 Å². The van der Waals surface area contributed by atoms with Crippen molar-refractivity contribution in [2.75, 3.05) is 0 Å². The molecule has 3 fully saturated rings. The van der Waals surface area contributed by atoms with E-state index >= 15 is 0 Å². The summed E-state index contributed by atoms with van der Waals surface area (Å²) in [5.41, 5.74) is 2.54. The first kappa shape index (κ1) is 22.4. The molecule has 0 spiro atoms. The van der Waals surface area contributed by atoms with Gasteiger partial charge in [0, 0.05) is 6.42 Å². The van der Waals surface area contributed by atoms with Gasteiger partial charge in [-0.05, 0) is 91.3 Å². The van der Waals surface area contributed by atoms with Gasteiger partial charge in [0.2, 0.25) is 0 Å². The van der Waals surface area contributed by atoms with E-state index in [9.17, 15) is 4.79 Å². The molecule has 3 saturated carbocycles. The van der Waals surface area contributed by atoms with Crippen LogP contribution >= 0.6 is 0 Å². The second kappa shape index (κ2) is 8.62. The molecule has 0 aromatic rings. The Kier molecular flexibility index (Phi) is 6.44. The third kappa shape index (κ3) is 3.79. The molecule has 4 aliphatic carbocycles. The number of carbonyl (C=O) groups excluding carboxylic acids is 1. The lowest BCUT2D eigenvalue weighted by atomic mass is 9.47. The van der Waals surface area contributed by atoms with E-state index < -0.39 is 0 Å². The summed E-state index contributed by atoms with van der Waals surface area (Å²) in [6.07, 6.45) is 17.2. The van der Waals surface area contributed by atoms with Gasteiger partial charge in [-0.15, -0.1) is 0 Å². The lowest BCUT2D eigenvalue weighted by Gasteiger charge is -2.58. The van der Waals surface area contributed by atoms with Crippen LogP contribution in [0.4, 0.5) is 0 Å². The quantitative estimate of drug-likeness (QED) is 0.317. The Morgan fingerprint density at radius 1 is 1.07 bits per heavy atom. The first-order valence-corrected chi connectivity index (χ1v) is 13.1. The standard InChI is InChI=1S/C28H46O2/c1-19(2)7-6-8-20(3)24-11-12-25-23-10-9-21-17-22(30-18-29)13-15-27(21,4)26(23)14-16-28(24,25)5/h9,18-20,22-26H,6-8,10-17H2,1-5H3/t20-,22-,23+,24-,25+,26+,27-,28+/m0/s1. The molecule has 170 valence electrons. The Labute approximate surface area is 185 Å². The molecule has 0 aromatic heterocycles. The minimum atomic E-state index is 0.120. The minimum absolute atomic E-state index is 0.120. The Hall–Kier alpha value is -0.790. The highest BCUT2D eigenvalue weighted by molar-refractivity contribution is 5.38. The Balaban J connectivity index is 1.47. The number of hydrogen-bond acceptors (Lipinski definition) is 2. The van der Waals surface area contributed by atoms with Crippen molar-refractivity contribution in [3.05, 3.63) is 11.6 Å². The molecule has 0 aliphatic heterocycles. The van der Waals surface area contributed by atoms with Gasteiger partial charge >= 0.3 is 0 Å². The van der Waals surface area contributed by atoms with Crippen molar-refractivity contribution in [3.63, 3.8) is 0 Å². The molecule has 8 atom stereocenters. The molecule has 0 heterocycles. The topological polar surface area (TPSA) is 26.3 Å². The number of fused-ring (bicyclic) bond motifs is 5. The summed E-state index contributed by atoms with van der Waals surface area (Å²) < 4.78 is 5.36. The predicted octanol–water partition coefficient (Wildman–Crippen LogP) is 7.57. The predicted molar refractivity (Wildman–Crippen MR) is 124 cm³/mol. The number of allylic oxidation sites excluding steroid dienone is 1. The fourth-order valence-electron chi connectivity index (χ4n) is 8.85. The van der Waals surface area contributed by atoms with Crippen LogP contribution in [0.5, 0.6) is 0 Å². The zero-order valence-corrected chi connectivity index (χ0v) is 20.3. The normalized spacial score (nSPS) is 43.9. The monoisotopic (exact) mass is 414 g/mol. The number of ether oxygens (including phenoxy) is 1. The Bertz CT molecular complexity index is 651. The fraction of sp³-hybridized carbons (Fsp3) is 0.893. The van der Waals surface area contributed by atoms with Gasteiger partial charge < -0.3 is 4.74 Å².